The molecule has 0 aliphatic carbocycles. The molecule has 1 heterocycles. The van der Waals surface area contributed by atoms with Gasteiger partial charge < -0.3 is 9.88 Å². The monoisotopic (exact) mass is 345 g/mol. The zero-order chi connectivity index (χ0) is 17.7. The van der Waals surface area contributed by atoms with Gasteiger partial charge in [0, 0.05) is 35.6 Å². The standard InChI is InChI=1S/C18H23N3O2S/c1-5-21-11-10-19-17(21)24-12-15(22)13-6-8-14(9-7-13)20-16(23)18(2,3)4/h6-11H,5,12H2,1-4H3,(H,20,23). The van der Waals surface area contributed by atoms with Gasteiger partial charge in [-0.1, -0.05) is 32.5 Å². The second-order valence-electron chi connectivity index (χ2n) is 6.49. The highest BCUT2D eigenvalue weighted by Crippen LogP contribution is 2.20. The molecule has 0 bridgehead atoms. The fourth-order valence-corrected chi connectivity index (χ4v) is 2.87. The number of amides is 1. The van der Waals surface area contributed by atoms with E-state index in [1.54, 1.807) is 30.5 Å². The average Bonchev–Trinajstić information content (AvgIpc) is 3.00. The lowest BCUT2D eigenvalue weighted by Crippen LogP contribution is -2.27. The lowest BCUT2D eigenvalue weighted by Gasteiger charge is -2.17. The highest BCUT2D eigenvalue weighted by atomic mass is 32.2. The van der Waals surface area contributed by atoms with Crippen molar-refractivity contribution in [3.05, 3.63) is 42.2 Å². The van der Waals surface area contributed by atoms with Gasteiger partial charge in [0.2, 0.25) is 5.91 Å². The molecular formula is C18H23N3O2S. The number of hydrogen-bond acceptors (Lipinski definition) is 4. The Kier molecular flexibility index (Phi) is 5.83. The van der Waals surface area contributed by atoms with Gasteiger partial charge in [0.15, 0.2) is 10.9 Å². The summed E-state index contributed by atoms with van der Waals surface area (Å²) in [6.07, 6.45) is 3.64. The zero-order valence-corrected chi connectivity index (χ0v) is 15.3. The van der Waals surface area contributed by atoms with E-state index in [-0.39, 0.29) is 11.7 Å². The summed E-state index contributed by atoms with van der Waals surface area (Å²) in [7, 11) is 0. The second-order valence-corrected chi connectivity index (χ2v) is 7.43. The Morgan fingerprint density at radius 2 is 1.88 bits per heavy atom. The van der Waals surface area contributed by atoms with Crippen molar-refractivity contribution in [3.63, 3.8) is 0 Å². The van der Waals surface area contributed by atoms with Gasteiger partial charge in [-0.05, 0) is 31.2 Å². The molecule has 0 fully saturated rings. The van der Waals surface area contributed by atoms with Crippen LogP contribution in [0.15, 0.2) is 41.8 Å². The topological polar surface area (TPSA) is 64.0 Å². The number of aryl methyl sites for hydroxylation is 1. The van der Waals surface area contributed by atoms with Crippen molar-refractivity contribution in [2.45, 2.75) is 39.4 Å². The van der Waals surface area contributed by atoms with E-state index < -0.39 is 5.41 Å². The minimum absolute atomic E-state index is 0.0411. The molecule has 128 valence electrons. The van der Waals surface area contributed by atoms with Crippen LogP contribution in [0.25, 0.3) is 0 Å². The van der Waals surface area contributed by atoms with E-state index in [0.29, 0.717) is 17.0 Å². The lowest BCUT2D eigenvalue weighted by molar-refractivity contribution is -0.123. The first kappa shape index (κ1) is 18.3. The fourth-order valence-electron chi connectivity index (χ4n) is 1.95. The number of carbonyl (C=O) groups excluding carboxylic acids is 2. The first-order valence-corrected chi connectivity index (χ1v) is 8.88. The molecule has 6 heteroatoms. The highest BCUT2D eigenvalue weighted by molar-refractivity contribution is 7.99. The number of nitrogens with one attached hydrogen (secondary N) is 1. The Balaban J connectivity index is 1.95. The SMILES string of the molecule is CCn1ccnc1SCC(=O)c1ccc(NC(=O)C(C)(C)C)cc1. The second kappa shape index (κ2) is 7.66. The molecule has 24 heavy (non-hydrogen) atoms. The van der Waals surface area contributed by atoms with Crippen molar-refractivity contribution < 1.29 is 9.59 Å². The summed E-state index contributed by atoms with van der Waals surface area (Å²) in [5.74, 6) is 0.327. The van der Waals surface area contributed by atoms with E-state index >= 15 is 0 Å². The molecule has 2 aromatic rings. The Morgan fingerprint density at radius 3 is 2.46 bits per heavy atom. The molecular weight excluding hydrogens is 322 g/mol. The van der Waals surface area contributed by atoms with Crippen molar-refractivity contribution in [1.29, 1.82) is 0 Å². The summed E-state index contributed by atoms with van der Waals surface area (Å²) in [6, 6.07) is 7.00. The van der Waals surface area contributed by atoms with Crippen molar-refractivity contribution in [1.82, 2.24) is 9.55 Å². The number of anilines is 1. The number of Topliss-reactive ketones (excluding diaryl/α,β-unsaturated/α-hetero) is 1. The molecule has 0 spiro atoms. The number of hydrogen-bond donors (Lipinski definition) is 1. The highest BCUT2D eigenvalue weighted by Gasteiger charge is 2.21. The number of ketones is 1. The molecule has 0 aliphatic heterocycles. The van der Waals surface area contributed by atoms with Crippen molar-refractivity contribution in [2.24, 2.45) is 5.41 Å². The molecule has 0 radical (unpaired) electrons. The van der Waals surface area contributed by atoms with Gasteiger partial charge in [0.1, 0.15) is 0 Å². The Morgan fingerprint density at radius 1 is 1.21 bits per heavy atom. The van der Waals surface area contributed by atoms with Crippen molar-refractivity contribution in [3.8, 4) is 0 Å². The molecule has 1 aromatic heterocycles. The lowest BCUT2D eigenvalue weighted by atomic mass is 9.95. The number of rotatable bonds is 6. The quantitative estimate of drug-likeness (QED) is 0.638. The van der Waals surface area contributed by atoms with Crippen LogP contribution in [0.5, 0.6) is 0 Å². The summed E-state index contributed by atoms with van der Waals surface area (Å²) in [5.41, 5.74) is 0.873. The predicted molar refractivity (Wildman–Crippen MR) is 97.5 cm³/mol. The fraction of sp³-hybridized carbons (Fsp3) is 0.389. The number of aromatic nitrogens is 2. The smallest absolute Gasteiger partial charge is 0.229 e. The van der Waals surface area contributed by atoms with Gasteiger partial charge >= 0.3 is 0 Å². The van der Waals surface area contributed by atoms with Crippen LogP contribution in [0.3, 0.4) is 0 Å². The Hall–Kier alpha value is -2.08. The molecule has 1 amide bonds. The van der Waals surface area contributed by atoms with Gasteiger partial charge in [0.05, 0.1) is 5.75 Å². The molecule has 0 saturated heterocycles. The van der Waals surface area contributed by atoms with Crippen LogP contribution < -0.4 is 5.32 Å². The maximum absolute atomic E-state index is 12.3. The first-order chi connectivity index (χ1) is 11.3. The number of imidazole rings is 1. The minimum atomic E-state index is -0.452. The third kappa shape index (κ3) is 4.71. The van der Waals surface area contributed by atoms with Gasteiger partial charge in [-0.25, -0.2) is 4.98 Å². The van der Waals surface area contributed by atoms with Gasteiger partial charge in [-0.15, -0.1) is 0 Å². The van der Waals surface area contributed by atoms with Crippen LogP contribution in [0.1, 0.15) is 38.1 Å². The summed E-state index contributed by atoms with van der Waals surface area (Å²) in [4.78, 5) is 28.5. The Labute approximate surface area is 146 Å². The summed E-state index contributed by atoms with van der Waals surface area (Å²) in [6.45, 7) is 8.45. The van der Waals surface area contributed by atoms with Crippen LogP contribution in [0.4, 0.5) is 5.69 Å². The molecule has 0 unspecified atom stereocenters. The zero-order valence-electron chi connectivity index (χ0n) is 14.5. The van der Waals surface area contributed by atoms with Gasteiger partial charge in [-0.2, -0.15) is 0 Å². The predicted octanol–water partition coefficient (Wildman–Crippen LogP) is 3.86. The maximum atomic E-state index is 12.3. The molecule has 1 N–H and O–H groups in total. The van der Waals surface area contributed by atoms with Crippen LogP contribution >= 0.6 is 11.8 Å². The average molecular weight is 345 g/mol. The molecule has 1 aromatic carbocycles. The molecule has 5 nitrogen and oxygen atoms in total. The summed E-state index contributed by atoms with van der Waals surface area (Å²) >= 11 is 1.43. The normalized spacial score (nSPS) is 11.3. The molecule has 0 atom stereocenters. The van der Waals surface area contributed by atoms with E-state index in [2.05, 4.69) is 10.3 Å². The summed E-state index contributed by atoms with van der Waals surface area (Å²) < 4.78 is 2.00. The molecule has 0 saturated carbocycles. The number of carbonyl (C=O) groups is 2. The minimum Gasteiger partial charge on any atom is -0.326 e. The van der Waals surface area contributed by atoms with E-state index in [9.17, 15) is 9.59 Å². The number of nitrogens with zero attached hydrogens (tertiary/aromatic N) is 2. The van der Waals surface area contributed by atoms with Crippen molar-refractivity contribution in [2.75, 3.05) is 11.1 Å². The van der Waals surface area contributed by atoms with Gasteiger partial charge in [0.25, 0.3) is 0 Å². The third-order valence-corrected chi connectivity index (χ3v) is 4.50. The van der Waals surface area contributed by atoms with Crippen LogP contribution in [-0.2, 0) is 11.3 Å². The van der Waals surface area contributed by atoms with Crippen LogP contribution in [0, 0.1) is 5.41 Å². The first-order valence-electron chi connectivity index (χ1n) is 7.90. The Bertz CT molecular complexity index is 715. The van der Waals surface area contributed by atoms with E-state index in [4.69, 9.17) is 0 Å². The van der Waals surface area contributed by atoms with Crippen LogP contribution in [0.2, 0.25) is 0 Å². The maximum Gasteiger partial charge on any atom is 0.229 e. The van der Waals surface area contributed by atoms with Crippen molar-refractivity contribution >= 4 is 29.1 Å². The third-order valence-electron chi connectivity index (χ3n) is 3.50. The summed E-state index contributed by atoms with van der Waals surface area (Å²) in [5, 5.41) is 3.70. The van der Waals surface area contributed by atoms with E-state index in [1.807, 2.05) is 38.5 Å². The largest absolute Gasteiger partial charge is 0.326 e. The molecule has 2 rings (SSSR count). The number of thioether (sulfide) groups is 1. The van der Waals surface area contributed by atoms with Gasteiger partial charge in [-0.3, -0.25) is 9.59 Å². The molecule has 0 aliphatic rings. The van der Waals surface area contributed by atoms with E-state index in [0.717, 1.165) is 11.7 Å². The van der Waals surface area contributed by atoms with Crippen LogP contribution in [-0.4, -0.2) is 27.0 Å². The van der Waals surface area contributed by atoms with E-state index in [1.165, 1.54) is 11.8 Å². The number of benzene rings is 1.